The summed E-state index contributed by atoms with van der Waals surface area (Å²) in [5.74, 6) is 0.0231. The van der Waals surface area contributed by atoms with Crippen LogP contribution in [0.4, 0.5) is 11.4 Å². The highest BCUT2D eigenvalue weighted by Crippen LogP contribution is 2.30. The second kappa shape index (κ2) is 8.26. The third-order valence-electron chi connectivity index (χ3n) is 5.16. The predicted molar refractivity (Wildman–Crippen MR) is 103 cm³/mol. The Hall–Kier alpha value is -3.13. The molecule has 0 radical (unpaired) electrons. The van der Waals surface area contributed by atoms with E-state index in [0.29, 0.717) is 12.0 Å². The fraction of sp³-hybridized carbons (Fsp3) is 0.350. The highest BCUT2D eigenvalue weighted by atomic mass is 16.6. The van der Waals surface area contributed by atoms with Gasteiger partial charge in [-0.2, -0.15) is 0 Å². The van der Waals surface area contributed by atoms with Crippen molar-refractivity contribution in [2.75, 3.05) is 0 Å². The van der Waals surface area contributed by atoms with Crippen LogP contribution in [0.15, 0.2) is 36.4 Å². The van der Waals surface area contributed by atoms with Crippen LogP contribution in [0, 0.1) is 20.2 Å². The van der Waals surface area contributed by atoms with Crippen LogP contribution < -0.4 is 5.73 Å². The molecule has 0 amide bonds. The van der Waals surface area contributed by atoms with Crippen molar-refractivity contribution in [3.05, 3.63) is 78.9 Å². The number of nitrogens with zero attached hydrogens (tertiary/aromatic N) is 2. The molecule has 0 saturated carbocycles. The Balaban J connectivity index is 0.000000161. The van der Waals surface area contributed by atoms with Crippen LogP contribution in [0.2, 0.25) is 0 Å². The van der Waals surface area contributed by atoms with Crippen molar-refractivity contribution in [1.29, 1.82) is 0 Å². The van der Waals surface area contributed by atoms with E-state index in [1.807, 2.05) is 6.07 Å². The lowest BCUT2D eigenvalue weighted by Crippen LogP contribution is -2.17. The molecule has 0 fully saturated rings. The SMILES string of the molecule is NC1CCCc2ccc([N+](=O)[O-])cc21.O=C1CCCc2ccc([N+](=O)[O-])cc21. The second-order valence-electron chi connectivity index (χ2n) is 7.01. The lowest BCUT2D eigenvalue weighted by Gasteiger charge is -2.21. The monoisotopic (exact) mass is 383 g/mol. The number of fused-ring (bicyclic) bond motifs is 2. The number of nitro benzene ring substituents is 2. The summed E-state index contributed by atoms with van der Waals surface area (Å²) in [4.78, 5) is 31.6. The molecule has 2 N–H and O–H groups in total. The maximum Gasteiger partial charge on any atom is 0.270 e. The molecule has 146 valence electrons. The van der Waals surface area contributed by atoms with Crippen molar-refractivity contribution in [2.24, 2.45) is 5.73 Å². The van der Waals surface area contributed by atoms with Crippen molar-refractivity contribution in [2.45, 2.75) is 44.6 Å². The van der Waals surface area contributed by atoms with E-state index < -0.39 is 4.92 Å². The Morgan fingerprint density at radius 1 is 0.857 bits per heavy atom. The lowest BCUT2D eigenvalue weighted by atomic mass is 9.88. The van der Waals surface area contributed by atoms with Crippen molar-refractivity contribution in [3.63, 3.8) is 0 Å². The fourth-order valence-electron chi connectivity index (χ4n) is 3.67. The van der Waals surface area contributed by atoms with E-state index in [0.717, 1.165) is 48.8 Å². The van der Waals surface area contributed by atoms with Crippen LogP contribution in [-0.4, -0.2) is 15.6 Å². The number of ketones is 1. The van der Waals surface area contributed by atoms with Crippen molar-refractivity contribution < 1.29 is 14.6 Å². The van der Waals surface area contributed by atoms with Crippen LogP contribution in [0.25, 0.3) is 0 Å². The van der Waals surface area contributed by atoms with Gasteiger partial charge in [-0.05, 0) is 48.8 Å². The standard InChI is InChI=1S/C10H12N2O2.C10H9NO3/c11-10-3-1-2-7-4-5-8(12(13)14)6-9(7)10;12-10-3-1-2-7-4-5-8(11(13)14)6-9(7)10/h4-6,10H,1-3,11H2;4-6H,1-3H2. The van der Waals surface area contributed by atoms with E-state index in [2.05, 4.69) is 0 Å². The van der Waals surface area contributed by atoms with E-state index in [1.165, 1.54) is 12.1 Å². The highest BCUT2D eigenvalue weighted by Gasteiger charge is 2.20. The second-order valence-corrected chi connectivity index (χ2v) is 7.01. The summed E-state index contributed by atoms with van der Waals surface area (Å²) in [5.41, 5.74) is 9.61. The summed E-state index contributed by atoms with van der Waals surface area (Å²) in [7, 11) is 0. The minimum Gasteiger partial charge on any atom is -0.324 e. The molecule has 0 aliphatic heterocycles. The molecule has 2 aliphatic carbocycles. The smallest absolute Gasteiger partial charge is 0.270 e. The lowest BCUT2D eigenvalue weighted by molar-refractivity contribution is -0.385. The number of carbonyl (C=O) groups is 1. The number of hydrogen-bond acceptors (Lipinski definition) is 6. The number of carbonyl (C=O) groups excluding carboxylic acids is 1. The van der Waals surface area contributed by atoms with Gasteiger partial charge in [-0.1, -0.05) is 12.1 Å². The third-order valence-corrected chi connectivity index (χ3v) is 5.16. The van der Waals surface area contributed by atoms with Gasteiger partial charge in [0.2, 0.25) is 0 Å². The van der Waals surface area contributed by atoms with Crippen molar-refractivity contribution in [1.82, 2.24) is 0 Å². The number of benzene rings is 2. The number of Topliss-reactive ketones (excluding diaryl/α,β-unsaturated/α-hetero) is 1. The highest BCUT2D eigenvalue weighted by molar-refractivity contribution is 5.99. The topological polar surface area (TPSA) is 129 Å². The quantitative estimate of drug-likeness (QED) is 0.615. The molecule has 4 rings (SSSR count). The van der Waals surface area contributed by atoms with Gasteiger partial charge in [0.1, 0.15) is 0 Å². The molecule has 0 saturated heterocycles. The molecular weight excluding hydrogens is 362 g/mol. The van der Waals surface area contributed by atoms with Gasteiger partial charge in [-0.25, -0.2) is 0 Å². The summed E-state index contributed by atoms with van der Waals surface area (Å²) in [6.07, 6.45) is 5.19. The summed E-state index contributed by atoms with van der Waals surface area (Å²) < 4.78 is 0. The number of rotatable bonds is 2. The Morgan fingerprint density at radius 2 is 1.46 bits per heavy atom. The first-order chi connectivity index (χ1) is 13.4. The van der Waals surface area contributed by atoms with Gasteiger partial charge in [0.25, 0.3) is 11.4 Å². The third kappa shape index (κ3) is 4.23. The number of hydrogen-bond donors (Lipinski definition) is 1. The summed E-state index contributed by atoms with van der Waals surface area (Å²) in [5, 5.41) is 21.0. The average Bonchev–Trinajstić information content (AvgIpc) is 2.68. The minimum atomic E-state index is -0.470. The summed E-state index contributed by atoms with van der Waals surface area (Å²) in [6.45, 7) is 0. The molecule has 0 bridgehead atoms. The Labute approximate surface area is 161 Å². The van der Waals surface area contributed by atoms with Crippen LogP contribution in [0.5, 0.6) is 0 Å². The molecule has 0 spiro atoms. The van der Waals surface area contributed by atoms with Gasteiger partial charge < -0.3 is 5.73 Å². The Bertz CT molecular complexity index is 941. The molecule has 2 aromatic carbocycles. The molecule has 0 heterocycles. The Kier molecular flexibility index (Phi) is 5.79. The van der Waals surface area contributed by atoms with Gasteiger partial charge in [-0.3, -0.25) is 25.0 Å². The zero-order chi connectivity index (χ0) is 20.3. The normalized spacial score (nSPS) is 17.6. The number of non-ortho nitro benzene ring substituents is 2. The summed E-state index contributed by atoms with van der Waals surface area (Å²) in [6, 6.07) is 9.49. The van der Waals surface area contributed by atoms with Crippen LogP contribution >= 0.6 is 0 Å². The molecule has 1 unspecified atom stereocenters. The zero-order valence-electron chi connectivity index (χ0n) is 15.3. The maximum atomic E-state index is 11.4. The first kappa shape index (κ1) is 19.6. The number of aryl methyl sites for hydroxylation is 2. The van der Waals surface area contributed by atoms with Gasteiger partial charge >= 0.3 is 0 Å². The largest absolute Gasteiger partial charge is 0.324 e. The van der Waals surface area contributed by atoms with Gasteiger partial charge in [0, 0.05) is 42.3 Å². The molecule has 2 aromatic rings. The van der Waals surface area contributed by atoms with Crippen LogP contribution in [0.3, 0.4) is 0 Å². The van der Waals surface area contributed by atoms with Crippen molar-refractivity contribution in [3.8, 4) is 0 Å². The predicted octanol–water partition coefficient (Wildman–Crippen LogP) is 4.04. The van der Waals surface area contributed by atoms with E-state index >= 15 is 0 Å². The van der Waals surface area contributed by atoms with E-state index in [1.54, 1.807) is 18.2 Å². The molecule has 1 atom stereocenters. The minimum absolute atomic E-state index is 0.000926. The van der Waals surface area contributed by atoms with Crippen molar-refractivity contribution >= 4 is 17.2 Å². The summed E-state index contributed by atoms with van der Waals surface area (Å²) >= 11 is 0. The Morgan fingerprint density at radius 3 is 2.14 bits per heavy atom. The number of nitro groups is 2. The first-order valence-electron chi connectivity index (χ1n) is 9.20. The number of nitrogens with two attached hydrogens (primary N) is 1. The van der Waals surface area contributed by atoms with Crippen LogP contribution in [0.1, 0.15) is 58.8 Å². The molecule has 2 aliphatic rings. The molecule has 28 heavy (non-hydrogen) atoms. The van der Waals surface area contributed by atoms with E-state index in [-0.39, 0.29) is 28.1 Å². The van der Waals surface area contributed by atoms with Gasteiger partial charge in [-0.15, -0.1) is 0 Å². The molecule has 8 heteroatoms. The van der Waals surface area contributed by atoms with E-state index in [9.17, 15) is 25.0 Å². The fourth-order valence-corrected chi connectivity index (χ4v) is 3.67. The molecular formula is C20H21N3O5. The van der Waals surface area contributed by atoms with Gasteiger partial charge in [0.15, 0.2) is 5.78 Å². The average molecular weight is 383 g/mol. The zero-order valence-corrected chi connectivity index (χ0v) is 15.3. The molecule has 0 aromatic heterocycles. The van der Waals surface area contributed by atoms with E-state index in [4.69, 9.17) is 5.73 Å². The first-order valence-corrected chi connectivity index (χ1v) is 9.20. The maximum absolute atomic E-state index is 11.4. The van der Waals surface area contributed by atoms with Gasteiger partial charge in [0.05, 0.1) is 9.85 Å². The van der Waals surface area contributed by atoms with Crippen LogP contribution in [-0.2, 0) is 12.8 Å². The molecule has 8 nitrogen and oxygen atoms in total.